The Morgan fingerprint density at radius 1 is 1.00 bits per heavy atom. The number of morpholine rings is 1. The smallest absolute Gasteiger partial charge is 0.378 e. The zero-order valence-electron chi connectivity index (χ0n) is 24.1. The van der Waals surface area contributed by atoms with Crippen LogP contribution in [0.4, 0.5) is 29.2 Å². The monoisotopic (exact) mass is 612 g/mol. The van der Waals surface area contributed by atoms with Gasteiger partial charge in [-0.05, 0) is 42.4 Å². The van der Waals surface area contributed by atoms with Gasteiger partial charge in [0.25, 0.3) is 0 Å². The predicted octanol–water partition coefficient (Wildman–Crippen LogP) is 3.71. The molecule has 3 aromatic heterocycles. The first-order valence-corrected chi connectivity index (χ1v) is 14.4. The van der Waals surface area contributed by atoms with Crippen molar-refractivity contribution in [2.75, 3.05) is 69.7 Å². The third kappa shape index (κ3) is 6.82. The molecule has 10 nitrogen and oxygen atoms in total. The maximum absolute atomic E-state index is 14.4. The van der Waals surface area contributed by atoms with E-state index >= 15 is 0 Å². The Morgan fingerprint density at radius 3 is 2.43 bits per heavy atom. The van der Waals surface area contributed by atoms with Crippen LogP contribution in [0.5, 0.6) is 0 Å². The van der Waals surface area contributed by atoms with Gasteiger partial charge in [-0.25, -0.2) is 18.9 Å². The summed E-state index contributed by atoms with van der Waals surface area (Å²) >= 11 is 0. The highest BCUT2D eigenvalue weighted by Gasteiger charge is 2.36. The number of hydrogen-bond donors (Lipinski definition) is 1. The topological polar surface area (TPSA) is 91.1 Å². The van der Waals surface area contributed by atoms with Gasteiger partial charge in [-0.15, -0.1) is 5.10 Å². The van der Waals surface area contributed by atoms with Crippen LogP contribution in [0.2, 0.25) is 0 Å². The number of nitrogens with zero attached hydrogens (tertiary/aromatic N) is 7. The Morgan fingerprint density at radius 2 is 1.73 bits per heavy atom. The Labute approximate surface area is 251 Å². The number of carbonyl (C=O) groups excluding carboxylic acids is 1. The molecule has 0 atom stereocenters. The van der Waals surface area contributed by atoms with Gasteiger partial charge in [-0.1, -0.05) is 12.1 Å². The van der Waals surface area contributed by atoms with Gasteiger partial charge in [-0.3, -0.25) is 9.69 Å². The fourth-order valence-electron chi connectivity index (χ4n) is 5.42. The average Bonchev–Trinajstić information content (AvgIpc) is 3.41. The van der Waals surface area contributed by atoms with Gasteiger partial charge < -0.3 is 19.9 Å². The molecule has 2 saturated heterocycles. The van der Waals surface area contributed by atoms with Gasteiger partial charge in [0, 0.05) is 58.2 Å². The van der Waals surface area contributed by atoms with E-state index in [-0.39, 0.29) is 23.6 Å². The van der Waals surface area contributed by atoms with E-state index in [2.05, 4.69) is 37.2 Å². The van der Waals surface area contributed by atoms with Crippen molar-refractivity contribution in [3.05, 3.63) is 71.3 Å². The first-order chi connectivity index (χ1) is 21.1. The van der Waals surface area contributed by atoms with Crippen molar-refractivity contribution in [3.8, 4) is 11.4 Å². The number of aromatic nitrogens is 4. The Hall–Kier alpha value is -4.14. The second-order valence-electron chi connectivity index (χ2n) is 11.1. The molecule has 2 fully saturated rings. The molecule has 4 aromatic rings. The van der Waals surface area contributed by atoms with Gasteiger partial charge >= 0.3 is 6.18 Å². The van der Waals surface area contributed by atoms with Crippen LogP contribution in [0, 0.1) is 5.82 Å². The number of benzene rings is 1. The van der Waals surface area contributed by atoms with E-state index in [9.17, 15) is 22.4 Å². The summed E-state index contributed by atoms with van der Waals surface area (Å²) in [7, 11) is 2.09. The van der Waals surface area contributed by atoms with Crippen molar-refractivity contribution >= 4 is 23.1 Å². The molecule has 14 heteroatoms. The number of ether oxygens (including phenoxy) is 1. The van der Waals surface area contributed by atoms with Gasteiger partial charge in [0.05, 0.1) is 30.8 Å². The molecule has 6 rings (SSSR count). The van der Waals surface area contributed by atoms with Gasteiger partial charge in [0.2, 0.25) is 5.91 Å². The average molecular weight is 613 g/mol. The maximum atomic E-state index is 14.4. The molecular formula is C30H32F4N8O2. The van der Waals surface area contributed by atoms with Crippen LogP contribution in [0.15, 0.2) is 48.8 Å². The summed E-state index contributed by atoms with van der Waals surface area (Å²) in [5.74, 6) is -0.919. The Kier molecular flexibility index (Phi) is 8.47. The van der Waals surface area contributed by atoms with Crippen LogP contribution < -0.4 is 10.2 Å². The molecule has 0 unspecified atom stereocenters. The molecule has 2 aliphatic rings. The molecule has 1 amide bonds. The van der Waals surface area contributed by atoms with E-state index in [0.29, 0.717) is 49.7 Å². The number of alkyl halides is 3. The van der Waals surface area contributed by atoms with Crippen molar-refractivity contribution in [3.63, 3.8) is 0 Å². The van der Waals surface area contributed by atoms with Crippen LogP contribution in [0.3, 0.4) is 0 Å². The zero-order chi connectivity index (χ0) is 30.8. The van der Waals surface area contributed by atoms with E-state index in [4.69, 9.17) is 4.74 Å². The summed E-state index contributed by atoms with van der Waals surface area (Å²) in [6.45, 7) is 6.48. The SMILES string of the molecule is CN1CCN(Cc2cc3c(N4CCOCC4)nc(-c4cnc(NC(=O)Cc5ccc(F)cc5)cc4C(F)(F)F)nn3c2)CC1. The second kappa shape index (κ2) is 12.5. The molecule has 1 aromatic carbocycles. The molecule has 0 aliphatic carbocycles. The van der Waals surface area contributed by atoms with E-state index < -0.39 is 23.5 Å². The Balaban J connectivity index is 1.33. The van der Waals surface area contributed by atoms with Gasteiger partial charge in [-0.2, -0.15) is 13.2 Å². The minimum absolute atomic E-state index is 0.134. The molecule has 5 heterocycles. The van der Waals surface area contributed by atoms with Crippen LogP contribution in [0.25, 0.3) is 16.9 Å². The van der Waals surface area contributed by atoms with Crippen molar-refractivity contribution in [2.45, 2.75) is 19.1 Å². The van der Waals surface area contributed by atoms with E-state index in [1.165, 1.54) is 24.3 Å². The lowest BCUT2D eigenvalue weighted by Gasteiger charge is -2.32. The molecule has 0 saturated carbocycles. The number of hydrogen-bond acceptors (Lipinski definition) is 8. The predicted molar refractivity (Wildman–Crippen MR) is 156 cm³/mol. The highest BCUT2D eigenvalue weighted by atomic mass is 19.4. The lowest BCUT2D eigenvalue weighted by Crippen LogP contribution is -2.43. The molecular weight excluding hydrogens is 580 g/mol. The molecule has 0 spiro atoms. The highest BCUT2D eigenvalue weighted by Crippen LogP contribution is 2.38. The molecule has 1 N–H and O–H groups in total. The van der Waals surface area contributed by atoms with Crippen LogP contribution in [0.1, 0.15) is 16.7 Å². The number of likely N-dealkylation sites (N-methyl/N-ethyl adjacent to an activating group) is 1. The molecule has 0 bridgehead atoms. The van der Waals surface area contributed by atoms with Crippen LogP contribution in [-0.2, 0) is 28.7 Å². The van der Waals surface area contributed by atoms with Crippen molar-refractivity contribution in [1.29, 1.82) is 0 Å². The number of rotatable bonds is 7. The Bertz CT molecular complexity index is 1630. The first kappa shape index (κ1) is 29.9. The summed E-state index contributed by atoms with van der Waals surface area (Å²) in [5, 5.41) is 6.93. The van der Waals surface area contributed by atoms with E-state index in [0.717, 1.165) is 44.0 Å². The van der Waals surface area contributed by atoms with Crippen LogP contribution in [-0.4, -0.2) is 94.8 Å². The molecule has 44 heavy (non-hydrogen) atoms. The molecule has 0 radical (unpaired) electrons. The van der Waals surface area contributed by atoms with E-state index in [1.807, 2.05) is 17.2 Å². The summed E-state index contributed by atoms with van der Waals surface area (Å²) in [4.78, 5) is 27.9. The second-order valence-corrected chi connectivity index (χ2v) is 11.1. The number of anilines is 2. The quantitative estimate of drug-likeness (QED) is 0.316. The maximum Gasteiger partial charge on any atom is 0.417 e. The number of amides is 1. The first-order valence-electron chi connectivity index (χ1n) is 14.4. The molecule has 2 aliphatic heterocycles. The van der Waals surface area contributed by atoms with Crippen LogP contribution >= 0.6 is 0 Å². The fraction of sp³-hybridized carbons (Fsp3) is 0.400. The highest BCUT2D eigenvalue weighted by molar-refractivity contribution is 5.91. The number of carbonyl (C=O) groups is 1. The largest absolute Gasteiger partial charge is 0.417 e. The normalized spacial score (nSPS) is 16.9. The van der Waals surface area contributed by atoms with Crippen molar-refractivity contribution in [2.24, 2.45) is 0 Å². The van der Waals surface area contributed by atoms with E-state index in [1.54, 1.807) is 4.52 Å². The third-order valence-corrected chi connectivity index (χ3v) is 7.81. The van der Waals surface area contributed by atoms with Gasteiger partial charge in [0.15, 0.2) is 11.6 Å². The number of pyridine rings is 1. The third-order valence-electron chi connectivity index (χ3n) is 7.81. The fourth-order valence-corrected chi connectivity index (χ4v) is 5.42. The minimum Gasteiger partial charge on any atom is -0.378 e. The lowest BCUT2D eigenvalue weighted by molar-refractivity contribution is -0.137. The number of piperazine rings is 1. The summed E-state index contributed by atoms with van der Waals surface area (Å²) < 4.78 is 63.6. The standard InChI is InChI=1S/C30H32F4N8O2/c1-39-6-8-40(9-7-39)18-21-14-25-29(41-10-12-44-13-11-41)37-28(38-42(25)19-21)23-17-35-26(16-24(23)30(32,33)34)36-27(43)15-20-2-4-22(31)5-3-20/h2-5,14,16-17,19H,6-13,15,18H2,1H3,(H,35,36,43). The molecule has 232 valence electrons. The number of nitrogens with one attached hydrogen (secondary N) is 1. The lowest BCUT2D eigenvalue weighted by atomic mass is 10.1. The minimum atomic E-state index is -4.78. The van der Waals surface area contributed by atoms with Crippen molar-refractivity contribution < 1.29 is 27.1 Å². The number of fused-ring (bicyclic) bond motifs is 1. The summed E-state index contributed by atoms with van der Waals surface area (Å²) in [5.41, 5.74) is 0.865. The zero-order valence-corrected chi connectivity index (χ0v) is 24.1. The summed E-state index contributed by atoms with van der Waals surface area (Å²) in [6, 6.07) is 8.07. The van der Waals surface area contributed by atoms with Crippen molar-refractivity contribution in [1.82, 2.24) is 29.4 Å². The van der Waals surface area contributed by atoms with Gasteiger partial charge in [0.1, 0.15) is 17.2 Å². The number of halogens is 4. The summed E-state index contributed by atoms with van der Waals surface area (Å²) in [6.07, 6.45) is -2.06.